The number of nitrogens with one attached hydrogen (secondary N) is 1. The minimum Gasteiger partial charge on any atom is -0.354 e. The molecule has 0 amide bonds. The van der Waals surface area contributed by atoms with Gasteiger partial charge in [0, 0.05) is 19.3 Å². The summed E-state index contributed by atoms with van der Waals surface area (Å²) in [5.74, 6) is 0.436. The third-order valence-electron chi connectivity index (χ3n) is 1.93. The molecular formula is C10H15F3N4. The van der Waals surface area contributed by atoms with E-state index < -0.39 is 12.7 Å². The Morgan fingerprint density at radius 2 is 2.12 bits per heavy atom. The summed E-state index contributed by atoms with van der Waals surface area (Å²) in [6, 6.07) is 1.60. The Morgan fingerprint density at radius 3 is 2.71 bits per heavy atom. The predicted molar refractivity (Wildman–Crippen MR) is 58.6 cm³/mol. The van der Waals surface area contributed by atoms with Crippen LogP contribution < -0.4 is 5.32 Å². The molecular weight excluding hydrogens is 233 g/mol. The van der Waals surface area contributed by atoms with Crippen LogP contribution in [0, 0.1) is 0 Å². The molecule has 1 N–H and O–H groups in total. The number of hydrogen-bond donors (Lipinski definition) is 1. The van der Waals surface area contributed by atoms with Gasteiger partial charge in [-0.3, -0.25) is 4.90 Å². The molecule has 0 saturated carbocycles. The van der Waals surface area contributed by atoms with Gasteiger partial charge in [-0.05, 0) is 20.0 Å². The monoisotopic (exact) mass is 248 g/mol. The number of nitrogens with zero attached hydrogens (tertiary/aromatic N) is 3. The minimum absolute atomic E-state index is 0.139. The van der Waals surface area contributed by atoms with Crippen LogP contribution >= 0.6 is 0 Å². The number of rotatable bonds is 5. The van der Waals surface area contributed by atoms with Gasteiger partial charge in [0.1, 0.15) is 0 Å². The molecule has 0 aliphatic heterocycles. The fourth-order valence-corrected chi connectivity index (χ4v) is 1.37. The van der Waals surface area contributed by atoms with Gasteiger partial charge in [-0.1, -0.05) is 0 Å². The Kier molecular flexibility index (Phi) is 4.68. The maximum Gasteiger partial charge on any atom is 0.401 e. The van der Waals surface area contributed by atoms with Crippen molar-refractivity contribution in [3.05, 3.63) is 18.0 Å². The fourth-order valence-electron chi connectivity index (χ4n) is 1.37. The molecule has 1 heterocycles. The first-order valence-corrected chi connectivity index (χ1v) is 5.22. The lowest BCUT2D eigenvalue weighted by Gasteiger charge is -2.18. The lowest BCUT2D eigenvalue weighted by molar-refractivity contribution is -0.144. The van der Waals surface area contributed by atoms with E-state index in [1.165, 1.54) is 13.2 Å². The number of aromatic nitrogens is 2. The van der Waals surface area contributed by atoms with Gasteiger partial charge in [0.15, 0.2) is 0 Å². The van der Waals surface area contributed by atoms with Crippen LogP contribution in [0.4, 0.5) is 19.1 Å². The first-order valence-electron chi connectivity index (χ1n) is 5.22. The molecule has 0 aliphatic carbocycles. The third kappa shape index (κ3) is 5.48. The molecule has 0 bridgehead atoms. The molecule has 0 unspecified atom stereocenters. The van der Waals surface area contributed by atoms with E-state index >= 15 is 0 Å². The fraction of sp³-hybridized carbons (Fsp3) is 0.600. The number of hydrogen-bond acceptors (Lipinski definition) is 4. The Balaban J connectivity index is 2.58. The summed E-state index contributed by atoms with van der Waals surface area (Å²) in [6.07, 6.45) is -2.66. The van der Waals surface area contributed by atoms with E-state index in [1.807, 2.05) is 6.92 Å². The number of halogens is 3. The van der Waals surface area contributed by atoms with Gasteiger partial charge in [-0.2, -0.15) is 13.2 Å². The second-order valence-electron chi connectivity index (χ2n) is 3.69. The third-order valence-corrected chi connectivity index (χ3v) is 1.93. The van der Waals surface area contributed by atoms with Crippen molar-refractivity contribution in [2.45, 2.75) is 19.6 Å². The zero-order chi connectivity index (χ0) is 12.9. The van der Waals surface area contributed by atoms with Crippen LogP contribution in [-0.2, 0) is 6.54 Å². The van der Waals surface area contributed by atoms with Gasteiger partial charge in [0.05, 0.1) is 12.2 Å². The molecule has 0 aromatic carbocycles. The van der Waals surface area contributed by atoms with Crippen molar-refractivity contribution >= 4 is 5.95 Å². The standard InChI is InChI=1S/C10H15F3N4/c1-3-14-9-15-5-4-8(16-9)6-17(2)7-10(11,12)13/h4-5H,3,6-7H2,1-2H3,(H,14,15,16). The average Bonchev–Trinajstić information content (AvgIpc) is 2.15. The van der Waals surface area contributed by atoms with E-state index in [0.29, 0.717) is 18.2 Å². The highest BCUT2D eigenvalue weighted by molar-refractivity contribution is 5.24. The average molecular weight is 248 g/mol. The molecule has 1 aromatic rings. The smallest absolute Gasteiger partial charge is 0.354 e. The van der Waals surface area contributed by atoms with E-state index in [4.69, 9.17) is 0 Å². The van der Waals surface area contributed by atoms with Crippen LogP contribution in [0.15, 0.2) is 12.3 Å². The summed E-state index contributed by atoms with van der Waals surface area (Å²) in [7, 11) is 1.41. The highest BCUT2D eigenvalue weighted by atomic mass is 19.4. The van der Waals surface area contributed by atoms with Gasteiger partial charge in [-0.25, -0.2) is 9.97 Å². The first kappa shape index (κ1) is 13.7. The van der Waals surface area contributed by atoms with Gasteiger partial charge in [-0.15, -0.1) is 0 Å². The Hall–Kier alpha value is -1.37. The summed E-state index contributed by atoms with van der Waals surface area (Å²) in [5, 5.41) is 2.91. The van der Waals surface area contributed by atoms with Gasteiger partial charge < -0.3 is 5.32 Å². The summed E-state index contributed by atoms with van der Waals surface area (Å²) in [6.45, 7) is 1.75. The molecule has 0 atom stereocenters. The SMILES string of the molecule is CCNc1nccc(CN(C)CC(F)(F)F)n1. The van der Waals surface area contributed by atoms with Crippen molar-refractivity contribution < 1.29 is 13.2 Å². The Labute approximate surface area is 97.9 Å². The Bertz CT molecular complexity index is 354. The van der Waals surface area contributed by atoms with E-state index in [9.17, 15) is 13.2 Å². The molecule has 96 valence electrons. The zero-order valence-corrected chi connectivity index (χ0v) is 9.75. The van der Waals surface area contributed by atoms with Crippen LogP contribution in [0.5, 0.6) is 0 Å². The molecule has 17 heavy (non-hydrogen) atoms. The van der Waals surface area contributed by atoms with E-state index in [1.54, 1.807) is 6.07 Å². The van der Waals surface area contributed by atoms with Crippen molar-refractivity contribution in [3.63, 3.8) is 0 Å². The quantitative estimate of drug-likeness (QED) is 0.864. The predicted octanol–water partition coefficient (Wildman–Crippen LogP) is 1.90. The molecule has 0 radical (unpaired) electrons. The van der Waals surface area contributed by atoms with Gasteiger partial charge in [0.25, 0.3) is 0 Å². The molecule has 7 heteroatoms. The minimum atomic E-state index is -4.19. The largest absolute Gasteiger partial charge is 0.401 e. The molecule has 0 aliphatic rings. The van der Waals surface area contributed by atoms with E-state index in [-0.39, 0.29) is 6.54 Å². The maximum absolute atomic E-state index is 12.1. The normalized spacial score (nSPS) is 11.9. The molecule has 4 nitrogen and oxygen atoms in total. The second-order valence-corrected chi connectivity index (χ2v) is 3.69. The summed E-state index contributed by atoms with van der Waals surface area (Å²) in [5.41, 5.74) is 0.558. The lowest BCUT2D eigenvalue weighted by Crippen LogP contribution is -2.30. The maximum atomic E-state index is 12.1. The van der Waals surface area contributed by atoms with Crippen LogP contribution in [0.25, 0.3) is 0 Å². The highest BCUT2D eigenvalue weighted by Gasteiger charge is 2.29. The van der Waals surface area contributed by atoms with E-state index in [2.05, 4.69) is 15.3 Å². The Morgan fingerprint density at radius 1 is 1.41 bits per heavy atom. The molecule has 0 spiro atoms. The molecule has 0 saturated heterocycles. The van der Waals surface area contributed by atoms with Crippen molar-refractivity contribution in [1.29, 1.82) is 0 Å². The van der Waals surface area contributed by atoms with E-state index in [0.717, 1.165) is 4.90 Å². The van der Waals surface area contributed by atoms with Crippen LogP contribution in [-0.4, -0.2) is 41.2 Å². The summed E-state index contributed by atoms with van der Waals surface area (Å²) in [4.78, 5) is 9.21. The zero-order valence-electron chi connectivity index (χ0n) is 9.75. The number of anilines is 1. The summed E-state index contributed by atoms with van der Waals surface area (Å²) < 4.78 is 36.4. The van der Waals surface area contributed by atoms with Gasteiger partial charge in [0.2, 0.25) is 5.95 Å². The van der Waals surface area contributed by atoms with Crippen LogP contribution in [0.2, 0.25) is 0 Å². The van der Waals surface area contributed by atoms with Crippen LogP contribution in [0.1, 0.15) is 12.6 Å². The van der Waals surface area contributed by atoms with Crippen LogP contribution in [0.3, 0.4) is 0 Å². The number of alkyl halides is 3. The van der Waals surface area contributed by atoms with Crippen molar-refractivity contribution in [2.75, 3.05) is 25.5 Å². The van der Waals surface area contributed by atoms with Gasteiger partial charge >= 0.3 is 6.18 Å². The molecule has 0 fully saturated rings. The second kappa shape index (κ2) is 5.81. The summed E-state index contributed by atoms with van der Waals surface area (Å²) >= 11 is 0. The molecule has 1 rings (SSSR count). The van der Waals surface area contributed by atoms with Crippen molar-refractivity contribution in [3.8, 4) is 0 Å². The van der Waals surface area contributed by atoms with Crippen molar-refractivity contribution in [1.82, 2.24) is 14.9 Å². The molecule has 1 aromatic heterocycles. The topological polar surface area (TPSA) is 41.1 Å². The van der Waals surface area contributed by atoms with Crippen molar-refractivity contribution in [2.24, 2.45) is 0 Å². The first-order chi connectivity index (χ1) is 7.90. The lowest BCUT2D eigenvalue weighted by atomic mass is 10.3. The highest BCUT2D eigenvalue weighted by Crippen LogP contribution is 2.16.